The van der Waals surface area contributed by atoms with Gasteiger partial charge in [-0.15, -0.1) is 0 Å². The van der Waals surface area contributed by atoms with Crippen molar-refractivity contribution in [1.29, 1.82) is 0 Å². The van der Waals surface area contributed by atoms with E-state index in [1.54, 1.807) is 24.9 Å². The summed E-state index contributed by atoms with van der Waals surface area (Å²) >= 11 is 1.64. The van der Waals surface area contributed by atoms with Crippen molar-refractivity contribution < 1.29 is 5.11 Å². The number of aliphatic hydroxyl groups is 1. The molecule has 0 saturated carbocycles. The summed E-state index contributed by atoms with van der Waals surface area (Å²) in [6.07, 6.45) is 1.27. The monoisotopic (exact) mass is 245 g/mol. The van der Waals surface area contributed by atoms with Crippen molar-refractivity contribution in [3.63, 3.8) is 0 Å². The van der Waals surface area contributed by atoms with E-state index >= 15 is 0 Å². The van der Waals surface area contributed by atoms with E-state index in [1.165, 1.54) is 10.5 Å². The zero-order valence-corrected chi connectivity index (χ0v) is 10.7. The molecule has 3 heteroatoms. The smallest absolute Gasteiger partial charge is 0.101 e. The molecule has 0 spiro atoms. The first-order chi connectivity index (χ1) is 8.16. The number of nitrogens with zero attached hydrogens (tertiary/aromatic N) is 1. The molecule has 0 saturated heterocycles. The van der Waals surface area contributed by atoms with Crippen LogP contribution in [0.2, 0.25) is 0 Å². The van der Waals surface area contributed by atoms with E-state index < -0.39 is 6.10 Å². The maximum absolute atomic E-state index is 9.40. The Morgan fingerprint density at radius 2 is 1.94 bits per heavy atom. The van der Waals surface area contributed by atoms with Crippen LogP contribution in [0.5, 0.6) is 0 Å². The molecule has 1 N–H and O–H groups in total. The zero-order chi connectivity index (χ0) is 12.3. The van der Waals surface area contributed by atoms with Crippen LogP contribution in [-0.2, 0) is 0 Å². The molecule has 0 radical (unpaired) electrons. The topological polar surface area (TPSA) is 33.1 Å². The molecule has 1 atom stereocenters. The van der Waals surface area contributed by atoms with Crippen molar-refractivity contribution in [3.8, 4) is 0 Å². The zero-order valence-electron chi connectivity index (χ0n) is 9.92. The van der Waals surface area contributed by atoms with Crippen molar-refractivity contribution in [2.75, 3.05) is 0 Å². The van der Waals surface area contributed by atoms with E-state index in [0.717, 1.165) is 10.6 Å². The molecule has 2 aromatic rings. The van der Waals surface area contributed by atoms with Crippen molar-refractivity contribution in [2.45, 2.75) is 29.9 Å². The van der Waals surface area contributed by atoms with Crippen LogP contribution >= 0.6 is 11.8 Å². The molecule has 0 unspecified atom stereocenters. The highest BCUT2D eigenvalue weighted by atomic mass is 32.2. The van der Waals surface area contributed by atoms with E-state index in [2.05, 4.69) is 24.0 Å². The average Bonchev–Trinajstić information content (AvgIpc) is 2.33. The van der Waals surface area contributed by atoms with Crippen LogP contribution in [0.3, 0.4) is 0 Å². The molecule has 0 bridgehead atoms. The summed E-state index contributed by atoms with van der Waals surface area (Å²) in [5, 5.41) is 10.3. The van der Waals surface area contributed by atoms with E-state index in [1.807, 2.05) is 24.3 Å². The molecule has 2 rings (SSSR count). The molecule has 2 nitrogen and oxygen atoms in total. The van der Waals surface area contributed by atoms with Gasteiger partial charge in [-0.2, -0.15) is 0 Å². The second-order valence-corrected chi connectivity index (χ2v) is 5.04. The molecule has 1 aromatic heterocycles. The van der Waals surface area contributed by atoms with E-state index in [-0.39, 0.29) is 0 Å². The van der Waals surface area contributed by atoms with Crippen molar-refractivity contribution in [2.24, 2.45) is 0 Å². The Kier molecular flexibility index (Phi) is 3.82. The summed E-state index contributed by atoms with van der Waals surface area (Å²) in [5.74, 6) is 0. The molecular formula is C14H15NOS. The lowest BCUT2D eigenvalue weighted by molar-refractivity contribution is 0.198. The molecule has 0 aliphatic carbocycles. The maximum atomic E-state index is 9.40. The molecule has 17 heavy (non-hydrogen) atoms. The van der Waals surface area contributed by atoms with Gasteiger partial charge < -0.3 is 5.11 Å². The molecule has 1 heterocycles. The molecule has 88 valence electrons. The van der Waals surface area contributed by atoms with Gasteiger partial charge in [-0.3, -0.25) is 0 Å². The minimum absolute atomic E-state index is 0.458. The fourth-order valence-electron chi connectivity index (χ4n) is 1.48. The molecular weight excluding hydrogens is 230 g/mol. The van der Waals surface area contributed by atoms with Gasteiger partial charge in [0.2, 0.25) is 0 Å². The number of aromatic nitrogens is 1. The normalized spacial score (nSPS) is 12.4. The fraction of sp³-hybridized carbons (Fsp3) is 0.214. The minimum atomic E-state index is -0.458. The number of pyridine rings is 1. The van der Waals surface area contributed by atoms with Crippen LogP contribution < -0.4 is 0 Å². The summed E-state index contributed by atoms with van der Waals surface area (Å²) in [6.45, 7) is 3.83. The van der Waals surface area contributed by atoms with Crippen LogP contribution in [0.1, 0.15) is 24.2 Å². The maximum Gasteiger partial charge on any atom is 0.101 e. The van der Waals surface area contributed by atoms with Crippen molar-refractivity contribution >= 4 is 11.8 Å². The van der Waals surface area contributed by atoms with Crippen molar-refractivity contribution in [1.82, 2.24) is 4.98 Å². The Balaban J connectivity index is 2.17. The lowest BCUT2D eigenvalue weighted by atomic mass is 10.2. The number of hydrogen-bond acceptors (Lipinski definition) is 3. The van der Waals surface area contributed by atoms with Crippen LogP contribution in [-0.4, -0.2) is 10.1 Å². The van der Waals surface area contributed by atoms with Gasteiger partial charge in [0.25, 0.3) is 0 Å². The summed E-state index contributed by atoms with van der Waals surface area (Å²) in [5.41, 5.74) is 2.10. The Labute approximate surface area is 106 Å². The Morgan fingerprint density at radius 3 is 2.53 bits per heavy atom. The van der Waals surface area contributed by atoms with Crippen molar-refractivity contribution in [3.05, 3.63) is 53.7 Å². The summed E-state index contributed by atoms with van der Waals surface area (Å²) < 4.78 is 0. The van der Waals surface area contributed by atoms with Gasteiger partial charge in [-0.25, -0.2) is 4.98 Å². The Hall–Kier alpha value is -1.32. The standard InChI is InChI=1S/C14H15NOS/c1-10-5-3-4-6-13(10)17-14-8-7-12(9-15-14)11(2)16/h3-9,11,16H,1-2H3/t11-/m1/s1. The SMILES string of the molecule is Cc1ccccc1Sc1ccc([C@@H](C)O)cn1. The van der Waals surface area contributed by atoms with Crippen LogP contribution in [0.4, 0.5) is 0 Å². The summed E-state index contributed by atoms with van der Waals surface area (Å²) in [7, 11) is 0. The van der Waals surface area contributed by atoms with E-state index in [0.29, 0.717) is 0 Å². The third-order valence-corrected chi connectivity index (χ3v) is 3.68. The molecule has 0 fully saturated rings. The number of hydrogen-bond donors (Lipinski definition) is 1. The van der Waals surface area contributed by atoms with Gasteiger partial charge >= 0.3 is 0 Å². The van der Waals surface area contributed by atoms with Gasteiger partial charge in [0.1, 0.15) is 5.03 Å². The number of aliphatic hydroxyl groups excluding tert-OH is 1. The third-order valence-electron chi connectivity index (χ3n) is 2.55. The molecule has 0 amide bonds. The highest BCUT2D eigenvalue weighted by Gasteiger charge is 2.04. The van der Waals surface area contributed by atoms with Gasteiger partial charge in [-0.1, -0.05) is 36.0 Å². The average molecular weight is 245 g/mol. The lowest BCUT2D eigenvalue weighted by Crippen LogP contribution is -1.92. The first-order valence-corrected chi connectivity index (χ1v) is 6.36. The molecule has 1 aromatic carbocycles. The highest BCUT2D eigenvalue weighted by molar-refractivity contribution is 7.99. The fourth-order valence-corrected chi connectivity index (χ4v) is 2.33. The van der Waals surface area contributed by atoms with E-state index in [4.69, 9.17) is 0 Å². The Bertz CT molecular complexity index is 494. The van der Waals surface area contributed by atoms with Gasteiger partial charge in [0, 0.05) is 11.1 Å². The van der Waals surface area contributed by atoms with Crippen LogP contribution in [0, 0.1) is 6.92 Å². The van der Waals surface area contributed by atoms with Gasteiger partial charge in [0.05, 0.1) is 6.10 Å². The minimum Gasteiger partial charge on any atom is -0.389 e. The number of rotatable bonds is 3. The first kappa shape index (κ1) is 12.1. The first-order valence-electron chi connectivity index (χ1n) is 5.54. The summed E-state index contributed by atoms with van der Waals surface area (Å²) in [4.78, 5) is 5.55. The van der Waals surface area contributed by atoms with E-state index in [9.17, 15) is 5.11 Å². The summed E-state index contributed by atoms with van der Waals surface area (Å²) in [6, 6.07) is 12.1. The van der Waals surface area contributed by atoms with Crippen LogP contribution in [0.25, 0.3) is 0 Å². The third kappa shape index (κ3) is 3.08. The largest absolute Gasteiger partial charge is 0.389 e. The Morgan fingerprint density at radius 1 is 1.18 bits per heavy atom. The van der Waals surface area contributed by atoms with Gasteiger partial charge in [-0.05, 0) is 37.1 Å². The second kappa shape index (κ2) is 5.34. The second-order valence-electron chi connectivity index (χ2n) is 3.97. The number of benzene rings is 1. The predicted octanol–water partition coefficient (Wildman–Crippen LogP) is 3.59. The predicted molar refractivity (Wildman–Crippen MR) is 70.2 cm³/mol. The molecule has 0 aliphatic rings. The molecule has 0 aliphatic heterocycles. The highest BCUT2D eigenvalue weighted by Crippen LogP contribution is 2.28. The van der Waals surface area contributed by atoms with Gasteiger partial charge in [0.15, 0.2) is 0 Å². The van der Waals surface area contributed by atoms with Crippen LogP contribution in [0.15, 0.2) is 52.5 Å². The lowest BCUT2D eigenvalue weighted by Gasteiger charge is -2.06. The quantitative estimate of drug-likeness (QED) is 0.897. The number of aryl methyl sites for hydroxylation is 1.